The Morgan fingerprint density at radius 2 is 1.94 bits per heavy atom. The summed E-state index contributed by atoms with van der Waals surface area (Å²) in [6.07, 6.45) is 2.89. The standard InChI is InChI=1S/C22H32N4O4S/c1-5-25(6-2)12-7-11-23-15-17-20(27)24-22(31)26(21(17)28)13-10-16-8-9-18(29-3)19(14-16)30-4/h8-9,14-15,28H,5-7,10-13H2,1-4H3,(H,24,27,31). The minimum absolute atomic E-state index is 0.115. The molecule has 0 aliphatic carbocycles. The molecule has 0 radical (unpaired) electrons. The van der Waals surface area contributed by atoms with E-state index in [1.165, 1.54) is 10.8 Å². The maximum Gasteiger partial charge on any atom is 0.264 e. The highest BCUT2D eigenvalue weighted by Gasteiger charge is 2.12. The molecule has 1 aromatic heterocycles. The van der Waals surface area contributed by atoms with E-state index in [4.69, 9.17) is 21.7 Å². The number of benzene rings is 1. The lowest BCUT2D eigenvalue weighted by atomic mass is 10.1. The van der Waals surface area contributed by atoms with E-state index >= 15 is 0 Å². The van der Waals surface area contributed by atoms with Crippen LogP contribution in [0.3, 0.4) is 0 Å². The molecule has 0 unspecified atom stereocenters. The summed E-state index contributed by atoms with van der Waals surface area (Å²) in [5.74, 6) is 1.10. The molecule has 1 heterocycles. The Bertz CT molecular complexity index is 996. The van der Waals surface area contributed by atoms with E-state index in [9.17, 15) is 9.90 Å². The number of hydrogen-bond donors (Lipinski definition) is 2. The summed E-state index contributed by atoms with van der Waals surface area (Å²) < 4.78 is 12.3. The number of methoxy groups -OCH3 is 2. The number of aliphatic imine (C=N–C) groups is 1. The highest BCUT2D eigenvalue weighted by atomic mass is 32.1. The van der Waals surface area contributed by atoms with Crippen molar-refractivity contribution in [3.8, 4) is 17.4 Å². The Morgan fingerprint density at radius 3 is 2.58 bits per heavy atom. The summed E-state index contributed by atoms with van der Waals surface area (Å²) in [5, 5.41) is 10.7. The molecule has 1 aromatic carbocycles. The average Bonchev–Trinajstić information content (AvgIpc) is 2.77. The molecule has 170 valence electrons. The summed E-state index contributed by atoms with van der Waals surface area (Å²) >= 11 is 5.25. The highest BCUT2D eigenvalue weighted by molar-refractivity contribution is 7.71. The zero-order valence-electron chi connectivity index (χ0n) is 18.7. The fourth-order valence-electron chi connectivity index (χ4n) is 3.26. The molecule has 0 spiro atoms. The van der Waals surface area contributed by atoms with E-state index in [2.05, 4.69) is 28.7 Å². The molecular weight excluding hydrogens is 416 g/mol. The number of nitrogens with zero attached hydrogens (tertiary/aromatic N) is 3. The summed E-state index contributed by atoms with van der Waals surface area (Å²) in [7, 11) is 3.17. The third-order valence-corrected chi connectivity index (χ3v) is 5.48. The van der Waals surface area contributed by atoms with Crippen molar-refractivity contribution in [1.29, 1.82) is 0 Å². The van der Waals surface area contributed by atoms with Gasteiger partial charge >= 0.3 is 0 Å². The van der Waals surface area contributed by atoms with Crippen LogP contribution in [-0.2, 0) is 13.0 Å². The predicted octanol–water partition coefficient (Wildman–Crippen LogP) is 3.02. The number of aromatic amines is 1. The van der Waals surface area contributed by atoms with Crippen LogP contribution in [0.15, 0.2) is 28.0 Å². The first-order valence-corrected chi connectivity index (χ1v) is 10.8. The summed E-state index contributed by atoms with van der Waals surface area (Å²) in [5.41, 5.74) is 0.651. The fraction of sp³-hybridized carbons (Fsp3) is 0.500. The lowest BCUT2D eigenvalue weighted by molar-refractivity contribution is 0.302. The maximum atomic E-state index is 12.3. The van der Waals surface area contributed by atoms with Crippen LogP contribution in [-0.4, -0.2) is 66.2 Å². The van der Waals surface area contributed by atoms with Crippen LogP contribution in [0.2, 0.25) is 0 Å². The van der Waals surface area contributed by atoms with Crippen molar-refractivity contribution in [1.82, 2.24) is 14.5 Å². The molecule has 2 N–H and O–H groups in total. The number of ether oxygens (including phenoxy) is 2. The predicted molar refractivity (Wildman–Crippen MR) is 126 cm³/mol. The SMILES string of the molecule is CCN(CC)CCCN=Cc1c(O)n(CCc2ccc(OC)c(OC)c2)c(=S)[nH]c1=O. The molecule has 31 heavy (non-hydrogen) atoms. The van der Waals surface area contributed by atoms with Gasteiger partial charge in [-0.3, -0.25) is 19.3 Å². The monoisotopic (exact) mass is 448 g/mol. The Kier molecular flexibility index (Phi) is 9.74. The molecule has 0 saturated heterocycles. The molecule has 0 amide bonds. The van der Waals surface area contributed by atoms with E-state index in [1.807, 2.05) is 18.2 Å². The quantitative estimate of drug-likeness (QED) is 0.295. The Hall–Kier alpha value is -2.65. The van der Waals surface area contributed by atoms with Crippen molar-refractivity contribution < 1.29 is 14.6 Å². The van der Waals surface area contributed by atoms with Gasteiger partial charge in [0.2, 0.25) is 5.88 Å². The highest BCUT2D eigenvalue weighted by Crippen LogP contribution is 2.28. The van der Waals surface area contributed by atoms with Crippen LogP contribution in [0, 0.1) is 4.77 Å². The van der Waals surface area contributed by atoms with Gasteiger partial charge in [0, 0.05) is 19.3 Å². The molecule has 9 heteroatoms. The van der Waals surface area contributed by atoms with Crippen LogP contribution in [0.25, 0.3) is 0 Å². The van der Waals surface area contributed by atoms with Crippen molar-refractivity contribution in [2.24, 2.45) is 4.99 Å². The van der Waals surface area contributed by atoms with Crippen LogP contribution in [0.1, 0.15) is 31.4 Å². The Labute approximate surface area is 188 Å². The van der Waals surface area contributed by atoms with Crippen molar-refractivity contribution in [3.63, 3.8) is 0 Å². The third kappa shape index (κ3) is 6.67. The maximum absolute atomic E-state index is 12.3. The second-order valence-corrected chi connectivity index (χ2v) is 7.39. The Balaban J connectivity index is 2.12. The lowest BCUT2D eigenvalue weighted by Crippen LogP contribution is -2.24. The summed E-state index contributed by atoms with van der Waals surface area (Å²) in [4.78, 5) is 21.5. The van der Waals surface area contributed by atoms with E-state index < -0.39 is 5.56 Å². The van der Waals surface area contributed by atoms with Crippen molar-refractivity contribution >= 4 is 18.4 Å². The van der Waals surface area contributed by atoms with Crippen molar-refractivity contribution in [2.45, 2.75) is 33.2 Å². The van der Waals surface area contributed by atoms with Gasteiger partial charge in [-0.15, -0.1) is 0 Å². The molecule has 0 bridgehead atoms. The minimum Gasteiger partial charge on any atom is -0.494 e. The largest absolute Gasteiger partial charge is 0.494 e. The lowest BCUT2D eigenvalue weighted by Gasteiger charge is -2.16. The van der Waals surface area contributed by atoms with E-state index in [-0.39, 0.29) is 16.2 Å². The second kappa shape index (κ2) is 12.3. The van der Waals surface area contributed by atoms with Gasteiger partial charge in [-0.2, -0.15) is 0 Å². The Morgan fingerprint density at radius 1 is 1.23 bits per heavy atom. The second-order valence-electron chi connectivity index (χ2n) is 7.00. The van der Waals surface area contributed by atoms with Gasteiger partial charge in [0.15, 0.2) is 16.3 Å². The number of aromatic hydroxyl groups is 1. The molecule has 0 aliphatic heterocycles. The van der Waals surface area contributed by atoms with Crippen LogP contribution < -0.4 is 15.0 Å². The number of nitrogens with one attached hydrogen (secondary N) is 1. The molecule has 0 aliphatic rings. The van der Waals surface area contributed by atoms with Crippen LogP contribution in [0.5, 0.6) is 17.4 Å². The zero-order chi connectivity index (χ0) is 22.8. The van der Waals surface area contributed by atoms with E-state index in [1.54, 1.807) is 14.2 Å². The van der Waals surface area contributed by atoms with Crippen molar-refractivity contribution in [3.05, 3.63) is 44.5 Å². The molecule has 2 rings (SSSR count). The molecular formula is C22H32N4O4S. The van der Waals surface area contributed by atoms with Gasteiger partial charge in [0.25, 0.3) is 5.56 Å². The van der Waals surface area contributed by atoms with Gasteiger partial charge < -0.3 is 19.5 Å². The third-order valence-electron chi connectivity index (χ3n) is 5.16. The molecule has 8 nitrogen and oxygen atoms in total. The smallest absolute Gasteiger partial charge is 0.264 e. The van der Waals surface area contributed by atoms with Crippen molar-refractivity contribution in [2.75, 3.05) is 40.4 Å². The zero-order valence-corrected chi connectivity index (χ0v) is 19.5. The molecule has 0 atom stereocenters. The van der Waals surface area contributed by atoms with Gasteiger partial charge in [0.1, 0.15) is 5.56 Å². The first kappa shape index (κ1) is 24.6. The number of rotatable bonds is 12. The summed E-state index contributed by atoms with van der Waals surface area (Å²) in [6.45, 7) is 8.17. The van der Waals surface area contributed by atoms with E-state index in [0.29, 0.717) is 31.0 Å². The van der Waals surface area contributed by atoms with Crippen LogP contribution in [0.4, 0.5) is 0 Å². The molecule has 0 fully saturated rings. The minimum atomic E-state index is -0.447. The van der Waals surface area contributed by atoms with Gasteiger partial charge in [0.05, 0.1) is 14.2 Å². The first-order valence-electron chi connectivity index (χ1n) is 10.4. The number of H-pyrrole nitrogens is 1. The topological polar surface area (TPSA) is 92.1 Å². The van der Waals surface area contributed by atoms with E-state index in [0.717, 1.165) is 31.6 Å². The number of aryl methyl sites for hydroxylation is 1. The summed E-state index contributed by atoms with van der Waals surface area (Å²) in [6, 6.07) is 5.63. The van der Waals surface area contributed by atoms with Crippen LogP contribution >= 0.6 is 12.2 Å². The molecule has 2 aromatic rings. The first-order chi connectivity index (χ1) is 14.9. The van der Waals surface area contributed by atoms with Gasteiger partial charge in [-0.05, 0) is 62.4 Å². The fourth-order valence-corrected chi connectivity index (χ4v) is 3.53. The van der Waals surface area contributed by atoms with Gasteiger partial charge in [-0.1, -0.05) is 19.9 Å². The van der Waals surface area contributed by atoms with Gasteiger partial charge in [-0.25, -0.2) is 0 Å². The number of aromatic nitrogens is 2. The normalized spacial score (nSPS) is 11.4. The number of hydrogen-bond acceptors (Lipinski definition) is 7. The molecule has 0 saturated carbocycles. The average molecular weight is 449 g/mol.